The Labute approximate surface area is 187 Å². The number of hydrazone groups is 1. The molecule has 2 aliphatic heterocycles. The van der Waals surface area contributed by atoms with E-state index in [0.717, 1.165) is 48.4 Å². The molecular weight excluding hydrogens is 402 g/mol. The van der Waals surface area contributed by atoms with Crippen molar-refractivity contribution in [1.82, 2.24) is 0 Å². The molecule has 5 heteroatoms. The summed E-state index contributed by atoms with van der Waals surface area (Å²) in [7, 11) is 0. The van der Waals surface area contributed by atoms with Gasteiger partial charge < -0.3 is 4.90 Å². The van der Waals surface area contributed by atoms with Gasteiger partial charge in [-0.25, -0.2) is 0 Å². The van der Waals surface area contributed by atoms with Gasteiger partial charge in [-0.3, -0.25) is 4.79 Å². The fourth-order valence-corrected chi connectivity index (χ4v) is 5.63. The Hall–Kier alpha value is -3.05. The second-order valence-electron chi connectivity index (χ2n) is 7.91. The van der Waals surface area contributed by atoms with Gasteiger partial charge in [0.15, 0.2) is 0 Å². The SMILES string of the molecule is CCN1C(=CC2=CC(=C3C(=O)N(c4ccccc4)N=C3C)CCC2)Sc2ccccc21. The summed E-state index contributed by atoms with van der Waals surface area (Å²) in [4.78, 5) is 16.9. The summed E-state index contributed by atoms with van der Waals surface area (Å²) < 4.78 is 0. The number of hydrogen-bond donors (Lipinski definition) is 0. The van der Waals surface area contributed by atoms with Crippen molar-refractivity contribution in [2.24, 2.45) is 5.10 Å². The first-order chi connectivity index (χ1) is 15.2. The molecule has 0 aromatic heterocycles. The van der Waals surface area contributed by atoms with Crippen LogP contribution in [0.1, 0.15) is 33.1 Å². The first-order valence-corrected chi connectivity index (χ1v) is 11.6. The molecule has 2 aromatic rings. The van der Waals surface area contributed by atoms with Crippen LogP contribution in [-0.2, 0) is 4.79 Å². The number of fused-ring (bicyclic) bond motifs is 1. The van der Waals surface area contributed by atoms with Crippen LogP contribution in [0.3, 0.4) is 0 Å². The third kappa shape index (κ3) is 3.63. The minimum atomic E-state index is -0.0262. The number of carbonyl (C=O) groups is 1. The monoisotopic (exact) mass is 427 g/mol. The maximum atomic E-state index is 13.2. The average Bonchev–Trinajstić information content (AvgIpc) is 3.30. The van der Waals surface area contributed by atoms with Crippen molar-refractivity contribution in [3.63, 3.8) is 0 Å². The standard InChI is InChI=1S/C26H25N3OS/c1-3-28-22-14-7-8-15-23(22)31-24(28)17-19-10-9-11-20(16-19)25-18(2)27-29(26(25)30)21-12-5-4-6-13-21/h4-8,12-17H,3,9-11H2,1-2H3. The first-order valence-electron chi connectivity index (χ1n) is 10.8. The molecule has 0 radical (unpaired) electrons. The highest BCUT2D eigenvalue weighted by atomic mass is 32.2. The van der Waals surface area contributed by atoms with Gasteiger partial charge in [-0.2, -0.15) is 10.1 Å². The largest absolute Gasteiger partial charge is 0.335 e. The van der Waals surface area contributed by atoms with Gasteiger partial charge in [0.25, 0.3) is 5.91 Å². The quantitative estimate of drug-likeness (QED) is 0.540. The molecule has 0 N–H and O–H groups in total. The molecule has 0 bridgehead atoms. The number of thioether (sulfide) groups is 1. The van der Waals surface area contributed by atoms with Crippen LogP contribution in [-0.4, -0.2) is 18.2 Å². The molecule has 3 aliphatic rings. The fourth-order valence-electron chi connectivity index (χ4n) is 4.43. The maximum absolute atomic E-state index is 13.2. The molecule has 2 aromatic carbocycles. The Bertz CT molecular complexity index is 1160. The zero-order valence-electron chi connectivity index (χ0n) is 17.8. The van der Waals surface area contributed by atoms with E-state index in [1.54, 1.807) is 0 Å². The lowest BCUT2D eigenvalue weighted by molar-refractivity contribution is -0.114. The lowest BCUT2D eigenvalue weighted by Crippen LogP contribution is -2.22. The highest BCUT2D eigenvalue weighted by molar-refractivity contribution is 8.03. The van der Waals surface area contributed by atoms with Crippen LogP contribution in [0.4, 0.5) is 11.4 Å². The van der Waals surface area contributed by atoms with Gasteiger partial charge in [-0.1, -0.05) is 48.2 Å². The Morgan fingerprint density at radius 2 is 1.84 bits per heavy atom. The van der Waals surface area contributed by atoms with Crippen LogP contribution in [0.2, 0.25) is 0 Å². The predicted molar refractivity (Wildman–Crippen MR) is 129 cm³/mol. The van der Waals surface area contributed by atoms with Crippen molar-refractivity contribution in [3.05, 3.63) is 88.5 Å². The molecule has 0 atom stereocenters. The molecule has 0 saturated carbocycles. The van der Waals surface area contributed by atoms with Crippen LogP contribution in [0.5, 0.6) is 0 Å². The zero-order valence-corrected chi connectivity index (χ0v) is 18.7. The highest BCUT2D eigenvalue weighted by Gasteiger charge is 2.31. The third-order valence-electron chi connectivity index (χ3n) is 5.87. The van der Waals surface area contributed by atoms with Crippen LogP contribution in [0.15, 0.2) is 98.5 Å². The van der Waals surface area contributed by atoms with Gasteiger partial charge in [0, 0.05) is 11.4 Å². The van der Waals surface area contributed by atoms with E-state index in [0.29, 0.717) is 0 Å². The first kappa shape index (κ1) is 19.9. The second kappa shape index (κ2) is 8.23. The number of allylic oxidation sites excluding steroid dienone is 4. The topological polar surface area (TPSA) is 35.9 Å². The summed E-state index contributed by atoms with van der Waals surface area (Å²) in [5.41, 5.74) is 6.03. The van der Waals surface area contributed by atoms with Crippen LogP contribution in [0, 0.1) is 0 Å². The van der Waals surface area contributed by atoms with Gasteiger partial charge in [0.05, 0.1) is 27.7 Å². The van der Waals surface area contributed by atoms with E-state index in [9.17, 15) is 4.79 Å². The van der Waals surface area contributed by atoms with Gasteiger partial charge in [-0.05, 0) is 74.6 Å². The van der Waals surface area contributed by atoms with Crippen molar-refractivity contribution >= 4 is 34.8 Å². The molecule has 1 aliphatic carbocycles. The van der Waals surface area contributed by atoms with Crippen molar-refractivity contribution in [1.29, 1.82) is 0 Å². The Kier molecular flexibility index (Phi) is 5.28. The van der Waals surface area contributed by atoms with E-state index in [1.807, 2.05) is 49.0 Å². The van der Waals surface area contributed by atoms with E-state index >= 15 is 0 Å². The van der Waals surface area contributed by atoms with Crippen LogP contribution < -0.4 is 9.91 Å². The van der Waals surface area contributed by atoms with Gasteiger partial charge in [-0.15, -0.1) is 0 Å². The van der Waals surface area contributed by atoms with Crippen LogP contribution >= 0.6 is 11.8 Å². The summed E-state index contributed by atoms with van der Waals surface area (Å²) in [6, 6.07) is 18.2. The Balaban J connectivity index is 1.47. The average molecular weight is 428 g/mol. The van der Waals surface area contributed by atoms with E-state index in [1.165, 1.54) is 26.2 Å². The number of benzene rings is 2. The molecule has 4 nitrogen and oxygen atoms in total. The number of para-hydroxylation sites is 2. The lowest BCUT2D eigenvalue weighted by atomic mass is 9.90. The van der Waals surface area contributed by atoms with E-state index in [-0.39, 0.29) is 5.91 Å². The number of rotatable bonds is 3. The zero-order chi connectivity index (χ0) is 21.4. The number of hydrogen-bond acceptors (Lipinski definition) is 4. The third-order valence-corrected chi connectivity index (χ3v) is 6.99. The Morgan fingerprint density at radius 1 is 1.06 bits per heavy atom. The highest BCUT2D eigenvalue weighted by Crippen LogP contribution is 2.46. The molecule has 0 fully saturated rings. The summed E-state index contributed by atoms with van der Waals surface area (Å²) >= 11 is 1.83. The molecule has 2 heterocycles. The lowest BCUT2D eigenvalue weighted by Gasteiger charge is -2.20. The number of nitrogens with zero attached hydrogens (tertiary/aromatic N) is 3. The molecule has 156 valence electrons. The van der Waals surface area contributed by atoms with Crippen molar-refractivity contribution in [2.45, 2.75) is 38.0 Å². The van der Waals surface area contributed by atoms with E-state index in [4.69, 9.17) is 0 Å². The number of amides is 1. The predicted octanol–water partition coefficient (Wildman–Crippen LogP) is 6.29. The normalized spacial score (nSPS) is 22.1. The van der Waals surface area contributed by atoms with Gasteiger partial charge in [0.2, 0.25) is 0 Å². The number of carbonyl (C=O) groups excluding carboxylic acids is 1. The summed E-state index contributed by atoms with van der Waals surface area (Å²) in [5, 5.41) is 7.35. The minimum absolute atomic E-state index is 0.0262. The smallest absolute Gasteiger partial charge is 0.280 e. The van der Waals surface area contributed by atoms with Gasteiger partial charge >= 0.3 is 0 Å². The van der Waals surface area contributed by atoms with Crippen molar-refractivity contribution < 1.29 is 4.79 Å². The fraction of sp³-hybridized carbons (Fsp3) is 0.231. The van der Waals surface area contributed by atoms with Crippen molar-refractivity contribution in [2.75, 3.05) is 16.5 Å². The maximum Gasteiger partial charge on any atom is 0.280 e. The molecular formula is C26H25N3OS. The molecule has 0 unspecified atom stereocenters. The second-order valence-corrected chi connectivity index (χ2v) is 8.97. The summed E-state index contributed by atoms with van der Waals surface area (Å²) in [5.74, 6) is -0.0262. The summed E-state index contributed by atoms with van der Waals surface area (Å²) in [6.45, 7) is 5.06. The Morgan fingerprint density at radius 3 is 2.65 bits per heavy atom. The van der Waals surface area contributed by atoms with E-state index < -0.39 is 0 Å². The molecule has 31 heavy (non-hydrogen) atoms. The van der Waals surface area contributed by atoms with Gasteiger partial charge in [0.1, 0.15) is 0 Å². The molecule has 0 saturated heterocycles. The van der Waals surface area contributed by atoms with E-state index in [2.05, 4.69) is 53.3 Å². The van der Waals surface area contributed by atoms with Crippen LogP contribution in [0.25, 0.3) is 0 Å². The van der Waals surface area contributed by atoms with Crippen molar-refractivity contribution in [3.8, 4) is 0 Å². The number of anilines is 2. The molecule has 1 amide bonds. The minimum Gasteiger partial charge on any atom is -0.335 e. The summed E-state index contributed by atoms with van der Waals surface area (Å²) in [6.07, 6.45) is 7.50. The molecule has 0 spiro atoms. The molecule has 5 rings (SSSR count).